The molecule has 3 aromatic carbocycles. The van der Waals surface area contributed by atoms with Gasteiger partial charge in [0, 0.05) is 35.7 Å². The maximum Gasteiger partial charge on any atom is 0.260 e. The zero-order valence-corrected chi connectivity index (χ0v) is 20.7. The lowest BCUT2D eigenvalue weighted by Gasteiger charge is -2.18. The number of fused-ring (bicyclic) bond motifs is 2. The number of amides is 1. The zero-order chi connectivity index (χ0) is 25.9. The third kappa shape index (κ3) is 4.80. The van der Waals surface area contributed by atoms with Crippen LogP contribution in [0.4, 0.5) is 0 Å². The van der Waals surface area contributed by atoms with Crippen LogP contribution in [0, 0.1) is 0 Å². The Balaban J connectivity index is 1.48. The summed E-state index contributed by atoms with van der Waals surface area (Å²) in [4.78, 5) is 27.6. The van der Waals surface area contributed by atoms with E-state index in [1.54, 1.807) is 65.8 Å². The molecule has 5 rings (SSSR count). The van der Waals surface area contributed by atoms with E-state index in [1.165, 1.54) is 0 Å². The molecule has 1 aliphatic rings. The first kappa shape index (κ1) is 24.2. The zero-order valence-electron chi connectivity index (χ0n) is 20.7. The molecule has 1 aliphatic heterocycles. The van der Waals surface area contributed by atoms with E-state index in [2.05, 4.69) is 0 Å². The highest BCUT2D eigenvalue weighted by molar-refractivity contribution is 6.16. The molecular formula is C30H27NO6. The van der Waals surface area contributed by atoms with Gasteiger partial charge < -0.3 is 23.9 Å². The van der Waals surface area contributed by atoms with E-state index in [4.69, 9.17) is 13.9 Å². The van der Waals surface area contributed by atoms with Gasteiger partial charge in [-0.2, -0.15) is 0 Å². The summed E-state index contributed by atoms with van der Waals surface area (Å²) in [6.45, 7) is 5.03. The number of ether oxygens (including phenoxy) is 2. The van der Waals surface area contributed by atoms with Gasteiger partial charge in [-0.15, -0.1) is 0 Å². The van der Waals surface area contributed by atoms with Crippen LogP contribution in [0.2, 0.25) is 0 Å². The Morgan fingerprint density at radius 1 is 1.00 bits per heavy atom. The first-order valence-corrected chi connectivity index (χ1v) is 12.2. The minimum Gasteiger partial charge on any atom is -0.508 e. The number of hydrogen-bond donors (Lipinski definition) is 1. The Bertz CT molecular complexity index is 1480. The van der Waals surface area contributed by atoms with Crippen molar-refractivity contribution in [2.75, 3.05) is 19.7 Å². The average molecular weight is 498 g/mol. The van der Waals surface area contributed by atoms with Crippen molar-refractivity contribution in [2.45, 2.75) is 20.3 Å². The highest BCUT2D eigenvalue weighted by atomic mass is 16.5. The van der Waals surface area contributed by atoms with Crippen LogP contribution in [0.15, 0.2) is 77.4 Å². The number of aromatic hydroxyl groups is 1. The molecule has 188 valence electrons. The van der Waals surface area contributed by atoms with Crippen molar-refractivity contribution in [1.29, 1.82) is 0 Å². The summed E-state index contributed by atoms with van der Waals surface area (Å²) in [7, 11) is 0. The molecule has 37 heavy (non-hydrogen) atoms. The van der Waals surface area contributed by atoms with Crippen LogP contribution in [-0.2, 0) is 11.2 Å². The smallest absolute Gasteiger partial charge is 0.260 e. The summed E-state index contributed by atoms with van der Waals surface area (Å²) in [5, 5.41) is 10.6. The summed E-state index contributed by atoms with van der Waals surface area (Å²) >= 11 is 0. The van der Waals surface area contributed by atoms with Crippen molar-refractivity contribution in [3.8, 4) is 28.4 Å². The van der Waals surface area contributed by atoms with Gasteiger partial charge in [0.15, 0.2) is 12.4 Å². The lowest BCUT2D eigenvalue weighted by atomic mass is 9.96. The van der Waals surface area contributed by atoms with E-state index >= 15 is 0 Å². The quantitative estimate of drug-likeness (QED) is 0.313. The van der Waals surface area contributed by atoms with E-state index in [0.717, 1.165) is 16.5 Å². The third-order valence-electron chi connectivity index (χ3n) is 6.46. The van der Waals surface area contributed by atoms with E-state index in [9.17, 15) is 14.7 Å². The molecule has 7 nitrogen and oxygen atoms in total. The number of carbonyl (C=O) groups is 2. The van der Waals surface area contributed by atoms with Gasteiger partial charge in [0.2, 0.25) is 5.78 Å². The highest BCUT2D eigenvalue weighted by Crippen LogP contribution is 2.40. The molecule has 4 aromatic rings. The maximum atomic E-state index is 13.7. The predicted octanol–water partition coefficient (Wildman–Crippen LogP) is 5.73. The van der Waals surface area contributed by atoms with Crippen LogP contribution in [0.3, 0.4) is 0 Å². The second-order valence-corrected chi connectivity index (χ2v) is 8.71. The van der Waals surface area contributed by atoms with Gasteiger partial charge in [-0.1, -0.05) is 12.1 Å². The maximum absolute atomic E-state index is 13.7. The molecule has 1 aromatic heterocycles. The second kappa shape index (κ2) is 10.2. The Kier molecular flexibility index (Phi) is 6.68. The molecule has 1 amide bonds. The average Bonchev–Trinajstić information content (AvgIpc) is 3.29. The van der Waals surface area contributed by atoms with Crippen LogP contribution < -0.4 is 9.47 Å². The van der Waals surface area contributed by atoms with E-state index in [-0.39, 0.29) is 29.8 Å². The minimum atomic E-state index is -0.290. The van der Waals surface area contributed by atoms with Gasteiger partial charge in [-0.3, -0.25) is 9.59 Å². The fourth-order valence-electron chi connectivity index (χ4n) is 4.46. The molecule has 0 fully saturated rings. The minimum absolute atomic E-state index is 0.0643. The largest absolute Gasteiger partial charge is 0.508 e. The molecule has 0 atom stereocenters. The van der Waals surface area contributed by atoms with Gasteiger partial charge in [0.25, 0.3) is 5.91 Å². The molecule has 0 saturated carbocycles. The van der Waals surface area contributed by atoms with Crippen LogP contribution in [0.5, 0.6) is 17.2 Å². The monoisotopic (exact) mass is 497 g/mol. The molecule has 0 radical (unpaired) electrons. The molecular weight excluding hydrogens is 470 g/mol. The van der Waals surface area contributed by atoms with Gasteiger partial charge in [0.1, 0.15) is 22.8 Å². The Labute approximate surface area is 214 Å². The van der Waals surface area contributed by atoms with Crippen LogP contribution in [-0.4, -0.2) is 41.4 Å². The van der Waals surface area contributed by atoms with Gasteiger partial charge in [-0.05, 0) is 79.9 Å². The molecule has 0 spiro atoms. The molecule has 7 heteroatoms. The van der Waals surface area contributed by atoms with Crippen LogP contribution in [0.1, 0.15) is 35.5 Å². The summed E-state index contributed by atoms with van der Waals surface area (Å²) in [5.41, 5.74) is 3.36. The summed E-state index contributed by atoms with van der Waals surface area (Å²) in [5.74, 6) is 1.14. The van der Waals surface area contributed by atoms with Crippen LogP contribution in [0.25, 0.3) is 22.1 Å². The fourth-order valence-corrected chi connectivity index (χ4v) is 4.46. The van der Waals surface area contributed by atoms with Crippen molar-refractivity contribution in [3.63, 3.8) is 0 Å². The van der Waals surface area contributed by atoms with E-state index in [0.29, 0.717) is 47.7 Å². The Morgan fingerprint density at radius 3 is 2.43 bits per heavy atom. The highest BCUT2D eigenvalue weighted by Gasteiger charge is 2.25. The van der Waals surface area contributed by atoms with Crippen molar-refractivity contribution < 1.29 is 28.6 Å². The fraction of sp³-hybridized carbons (Fsp3) is 0.200. The molecule has 0 bridgehead atoms. The topological polar surface area (TPSA) is 89.2 Å². The Morgan fingerprint density at radius 2 is 1.73 bits per heavy atom. The van der Waals surface area contributed by atoms with Gasteiger partial charge in [-0.25, -0.2) is 0 Å². The standard InChI is InChI=1S/C30H27NO6/c1-3-31(4-2)27(33)18-36-23-13-9-20(10-14-23)29(34)30-28(19-7-11-22(32)12-8-19)24-16-21-6-5-15-35-25(21)17-26(24)37-30/h5,7-17,32H,3-4,6,18H2,1-2H3. The van der Waals surface area contributed by atoms with Crippen molar-refractivity contribution >= 4 is 22.7 Å². The second-order valence-electron chi connectivity index (χ2n) is 8.71. The number of ketones is 1. The lowest BCUT2D eigenvalue weighted by Crippen LogP contribution is -2.34. The SMILES string of the molecule is CCN(CC)C(=O)COc1ccc(C(=O)c2oc3cc4c(cc3c2-c2ccc(O)cc2)CC=CO4)cc1. The lowest BCUT2D eigenvalue weighted by molar-refractivity contribution is -0.132. The normalized spacial score (nSPS) is 12.2. The molecule has 0 aliphatic carbocycles. The summed E-state index contributed by atoms with van der Waals surface area (Å²) in [6, 6.07) is 17.1. The molecule has 2 heterocycles. The number of allylic oxidation sites excluding steroid dienone is 1. The van der Waals surface area contributed by atoms with Crippen molar-refractivity contribution in [3.05, 3.63) is 89.9 Å². The first-order chi connectivity index (χ1) is 18.0. The predicted molar refractivity (Wildman–Crippen MR) is 140 cm³/mol. The van der Waals surface area contributed by atoms with Gasteiger partial charge in [0.05, 0.1) is 6.26 Å². The molecule has 1 N–H and O–H groups in total. The summed E-state index contributed by atoms with van der Waals surface area (Å²) in [6.07, 6.45) is 4.29. The number of benzene rings is 3. The number of furan rings is 1. The van der Waals surface area contributed by atoms with Crippen molar-refractivity contribution in [1.82, 2.24) is 4.90 Å². The first-order valence-electron chi connectivity index (χ1n) is 12.2. The molecule has 0 saturated heterocycles. The number of phenolic OH excluding ortho intramolecular Hbond substituents is 1. The number of phenols is 1. The third-order valence-corrected chi connectivity index (χ3v) is 6.46. The van der Waals surface area contributed by atoms with Crippen LogP contribution >= 0.6 is 0 Å². The number of carbonyl (C=O) groups excluding carboxylic acids is 2. The van der Waals surface area contributed by atoms with Gasteiger partial charge >= 0.3 is 0 Å². The van der Waals surface area contributed by atoms with E-state index < -0.39 is 0 Å². The molecule has 0 unspecified atom stereocenters. The number of hydrogen-bond acceptors (Lipinski definition) is 6. The van der Waals surface area contributed by atoms with E-state index in [1.807, 2.05) is 26.0 Å². The number of likely N-dealkylation sites (N-methyl/N-ethyl adjacent to an activating group) is 1. The van der Waals surface area contributed by atoms with Crippen molar-refractivity contribution in [2.24, 2.45) is 0 Å². The number of rotatable bonds is 8. The Hall–Kier alpha value is -4.52. The summed E-state index contributed by atoms with van der Waals surface area (Å²) < 4.78 is 17.4. The number of nitrogens with zero attached hydrogens (tertiary/aromatic N) is 1.